The summed E-state index contributed by atoms with van der Waals surface area (Å²) >= 11 is 5.02. The molecule has 0 N–H and O–H groups in total. The number of hydrogen-bond acceptors (Lipinski definition) is 8. The van der Waals surface area contributed by atoms with Crippen LogP contribution in [0.25, 0.3) is 5.70 Å². The minimum Gasteiger partial charge on any atom is -0.493 e. The quantitative estimate of drug-likeness (QED) is 0.409. The van der Waals surface area contributed by atoms with Gasteiger partial charge in [-0.3, -0.25) is 0 Å². The minimum absolute atomic E-state index is 0.262. The van der Waals surface area contributed by atoms with Crippen LogP contribution in [0.3, 0.4) is 0 Å². The van der Waals surface area contributed by atoms with Crippen LogP contribution < -0.4 is 14.2 Å². The average molecular weight is 545 g/mol. The molecule has 0 spiro atoms. The number of methoxy groups -OCH3 is 3. The number of ether oxygens (including phenoxy) is 4. The SMILES string of the molecule is CCOC(=O)C1=C(C)N=C2SC=C(c3ccc(Br)cc3)N2[C@H]1c1cc(OC)c(OC)c(OC)c1. The summed E-state index contributed by atoms with van der Waals surface area (Å²) in [5, 5.41) is 2.83. The molecular weight excluding hydrogens is 520 g/mol. The van der Waals surface area contributed by atoms with Crippen molar-refractivity contribution in [3.05, 3.63) is 68.7 Å². The van der Waals surface area contributed by atoms with E-state index in [4.69, 9.17) is 23.9 Å². The normalized spacial score (nSPS) is 17.1. The van der Waals surface area contributed by atoms with Gasteiger partial charge in [0, 0.05) is 9.88 Å². The first-order valence-corrected chi connectivity index (χ1v) is 12.3. The van der Waals surface area contributed by atoms with Crippen LogP contribution in [-0.4, -0.2) is 44.0 Å². The van der Waals surface area contributed by atoms with Crippen LogP contribution in [0.5, 0.6) is 17.2 Å². The predicted octanol–water partition coefficient (Wildman–Crippen LogP) is 5.77. The van der Waals surface area contributed by atoms with E-state index in [0.717, 1.165) is 26.5 Å². The molecule has 178 valence electrons. The second kappa shape index (κ2) is 10.1. The molecule has 0 unspecified atom stereocenters. The van der Waals surface area contributed by atoms with Gasteiger partial charge >= 0.3 is 5.97 Å². The zero-order valence-corrected chi connectivity index (χ0v) is 22.0. The molecule has 34 heavy (non-hydrogen) atoms. The van der Waals surface area contributed by atoms with Gasteiger partial charge in [0.15, 0.2) is 16.7 Å². The van der Waals surface area contributed by atoms with Crippen molar-refractivity contribution in [1.82, 2.24) is 4.90 Å². The molecular formula is C25H25BrN2O5S. The summed E-state index contributed by atoms with van der Waals surface area (Å²) in [6.45, 7) is 3.89. The lowest BCUT2D eigenvalue weighted by Crippen LogP contribution is -2.36. The van der Waals surface area contributed by atoms with E-state index < -0.39 is 12.0 Å². The lowest BCUT2D eigenvalue weighted by atomic mass is 9.92. The molecule has 0 aromatic heterocycles. The number of rotatable bonds is 7. The van der Waals surface area contributed by atoms with E-state index in [-0.39, 0.29) is 6.61 Å². The summed E-state index contributed by atoms with van der Waals surface area (Å²) in [4.78, 5) is 20.0. The van der Waals surface area contributed by atoms with Crippen molar-refractivity contribution < 1.29 is 23.7 Å². The molecule has 7 nitrogen and oxygen atoms in total. The van der Waals surface area contributed by atoms with Gasteiger partial charge in [0.2, 0.25) is 5.75 Å². The lowest BCUT2D eigenvalue weighted by molar-refractivity contribution is -0.139. The fourth-order valence-corrected chi connectivity index (χ4v) is 5.29. The first kappa shape index (κ1) is 24.2. The van der Waals surface area contributed by atoms with Crippen molar-refractivity contribution >= 4 is 44.5 Å². The second-order valence-corrected chi connectivity index (χ2v) is 9.23. The fourth-order valence-electron chi connectivity index (χ4n) is 4.06. The highest BCUT2D eigenvalue weighted by molar-refractivity contribution is 9.10. The van der Waals surface area contributed by atoms with Crippen LogP contribution in [-0.2, 0) is 9.53 Å². The third-order valence-electron chi connectivity index (χ3n) is 5.56. The number of benzene rings is 2. The second-order valence-electron chi connectivity index (χ2n) is 7.47. The fraction of sp³-hybridized carbons (Fsp3) is 0.280. The third-order valence-corrected chi connectivity index (χ3v) is 6.93. The summed E-state index contributed by atoms with van der Waals surface area (Å²) in [5.74, 6) is 1.08. The molecule has 0 saturated carbocycles. The Kier molecular flexibility index (Phi) is 7.23. The topological polar surface area (TPSA) is 69.6 Å². The van der Waals surface area contributed by atoms with E-state index in [1.807, 2.05) is 43.3 Å². The van der Waals surface area contributed by atoms with Gasteiger partial charge in [0.05, 0.1) is 50.9 Å². The molecule has 0 aliphatic carbocycles. The number of esters is 1. The third kappa shape index (κ3) is 4.30. The van der Waals surface area contributed by atoms with Gasteiger partial charge in [-0.25, -0.2) is 9.79 Å². The highest BCUT2D eigenvalue weighted by Crippen LogP contribution is 2.49. The van der Waals surface area contributed by atoms with Crippen LogP contribution >= 0.6 is 27.7 Å². The standard InChI is InChI=1S/C25H25BrN2O5S/c1-6-33-24(29)21-14(2)27-25-28(18(13-34-25)15-7-9-17(26)10-8-15)22(21)16-11-19(30-3)23(32-5)20(12-16)31-4/h7-13,22H,6H2,1-5H3/t22-/m0/s1. The monoisotopic (exact) mass is 544 g/mol. The number of halogens is 1. The van der Waals surface area contributed by atoms with Crippen LogP contribution in [0.1, 0.15) is 31.0 Å². The maximum absolute atomic E-state index is 13.2. The number of carbonyl (C=O) groups is 1. The van der Waals surface area contributed by atoms with Crippen molar-refractivity contribution in [2.45, 2.75) is 19.9 Å². The van der Waals surface area contributed by atoms with E-state index in [1.165, 1.54) is 11.8 Å². The van der Waals surface area contributed by atoms with Crippen LogP contribution in [0, 0.1) is 0 Å². The maximum Gasteiger partial charge on any atom is 0.338 e. The number of amidine groups is 1. The van der Waals surface area contributed by atoms with E-state index in [0.29, 0.717) is 28.5 Å². The van der Waals surface area contributed by atoms with Gasteiger partial charge in [-0.15, -0.1) is 0 Å². The van der Waals surface area contributed by atoms with Crippen LogP contribution in [0.15, 0.2) is 62.5 Å². The number of thioether (sulfide) groups is 1. The average Bonchev–Trinajstić information content (AvgIpc) is 3.26. The molecule has 2 heterocycles. The first-order chi connectivity index (χ1) is 16.4. The van der Waals surface area contributed by atoms with Crippen molar-refractivity contribution in [2.24, 2.45) is 4.99 Å². The van der Waals surface area contributed by atoms with E-state index in [9.17, 15) is 4.79 Å². The van der Waals surface area contributed by atoms with Gasteiger partial charge < -0.3 is 23.8 Å². The number of allylic oxidation sites excluding steroid dienone is 1. The summed E-state index contributed by atoms with van der Waals surface area (Å²) in [6.07, 6.45) is 0. The molecule has 2 aromatic carbocycles. The van der Waals surface area contributed by atoms with E-state index in [1.54, 1.807) is 28.3 Å². The molecule has 0 fully saturated rings. The van der Waals surface area contributed by atoms with Crippen molar-refractivity contribution in [1.29, 1.82) is 0 Å². The van der Waals surface area contributed by atoms with E-state index >= 15 is 0 Å². The number of fused-ring (bicyclic) bond motifs is 1. The molecule has 0 radical (unpaired) electrons. The van der Waals surface area contributed by atoms with Crippen LogP contribution in [0.4, 0.5) is 0 Å². The summed E-state index contributed by atoms with van der Waals surface area (Å²) in [5.41, 5.74) is 3.80. The van der Waals surface area contributed by atoms with Gasteiger partial charge in [0.1, 0.15) is 0 Å². The molecule has 2 aliphatic rings. The zero-order chi connectivity index (χ0) is 24.4. The smallest absolute Gasteiger partial charge is 0.338 e. The van der Waals surface area contributed by atoms with Crippen molar-refractivity contribution in [3.8, 4) is 17.2 Å². The van der Waals surface area contributed by atoms with Gasteiger partial charge in [-0.1, -0.05) is 39.8 Å². The minimum atomic E-state index is -0.509. The number of nitrogens with zero attached hydrogens (tertiary/aromatic N) is 2. The molecule has 9 heteroatoms. The number of aliphatic imine (C=N–C) groups is 1. The van der Waals surface area contributed by atoms with Gasteiger partial charge in [-0.2, -0.15) is 0 Å². The Balaban J connectivity index is 1.93. The Morgan fingerprint density at radius 3 is 2.29 bits per heavy atom. The van der Waals surface area contributed by atoms with Crippen LogP contribution in [0.2, 0.25) is 0 Å². The first-order valence-electron chi connectivity index (χ1n) is 10.6. The van der Waals surface area contributed by atoms with Gasteiger partial charge in [-0.05, 0) is 49.2 Å². The van der Waals surface area contributed by atoms with E-state index in [2.05, 4.69) is 26.2 Å². The number of hydrogen-bond donors (Lipinski definition) is 0. The maximum atomic E-state index is 13.2. The highest BCUT2D eigenvalue weighted by atomic mass is 79.9. The Hall–Kier alpha value is -2.91. The highest BCUT2D eigenvalue weighted by Gasteiger charge is 2.41. The molecule has 0 bridgehead atoms. The lowest BCUT2D eigenvalue weighted by Gasteiger charge is -2.36. The summed E-state index contributed by atoms with van der Waals surface area (Å²) in [7, 11) is 4.70. The number of carbonyl (C=O) groups excluding carboxylic acids is 1. The molecule has 1 atom stereocenters. The molecule has 4 rings (SSSR count). The molecule has 0 saturated heterocycles. The molecule has 2 aliphatic heterocycles. The molecule has 0 amide bonds. The van der Waals surface area contributed by atoms with Crippen molar-refractivity contribution in [3.63, 3.8) is 0 Å². The predicted molar refractivity (Wildman–Crippen MR) is 137 cm³/mol. The Morgan fingerprint density at radius 1 is 1.09 bits per heavy atom. The van der Waals surface area contributed by atoms with Gasteiger partial charge in [0.25, 0.3) is 0 Å². The summed E-state index contributed by atoms with van der Waals surface area (Å²) < 4.78 is 23.2. The molecule has 2 aromatic rings. The largest absolute Gasteiger partial charge is 0.493 e. The Morgan fingerprint density at radius 2 is 1.74 bits per heavy atom. The van der Waals surface area contributed by atoms with Crippen molar-refractivity contribution in [2.75, 3.05) is 27.9 Å². The summed E-state index contributed by atoms with van der Waals surface area (Å²) in [6, 6.07) is 11.3. The Labute approximate surface area is 211 Å². The Bertz CT molecular complexity index is 1180. The zero-order valence-electron chi connectivity index (χ0n) is 19.5.